The van der Waals surface area contributed by atoms with E-state index in [0.29, 0.717) is 6.42 Å². The first-order valence-corrected chi connectivity index (χ1v) is 2.34. The lowest BCUT2D eigenvalue weighted by Gasteiger charge is -2.13. The van der Waals surface area contributed by atoms with Gasteiger partial charge in [-0.1, -0.05) is 0 Å². The zero-order chi connectivity index (χ0) is 5.91. The molecule has 0 aliphatic rings. The maximum Gasteiger partial charge on any atom is 0.0146 e. The highest BCUT2D eigenvalue weighted by atomic mass is 14.7. The normalized spacial score (nSPS) is 11.3. The Morgan fingerprint density at radius 3 is 2.14 bits per heavy atom. The van der Waals surface area contributed by atoms with Gasteiger partial charge >= 0.3 is 0 Å². The van der Waals surface area contributed by atoms with Crippen molar-refractivity contribution in [1.29, 1.82) is 5.41 Å². The number of hydrogen-bond donors (Lipinski definition) is 2. The Morgan fingerprint density at radius 1 is 1.71 bits per heavy atom. The van der Waals surface area contributed by atoms with Crippen molar-refractivity contribution in [3.8, 4) is 0 Å². The van der Waals surface area contributed by atoms with Gasteiger partial charge in [-0.3, -0.25) is 0 Å². The van der Waals surface area contributed by atoms with Crippen LogP contribution in [0.3, 0.4) is 0 Å². The minimum atomic E-state index is -0.193. The van der Waals surface area contributed by atoms with Crippen molar-refractivity contribution < 1.29 is 0 Å². The summed E-state index contributed by atoms with van der Waals surface area (Å²) in [6.45, 7) is 3.80. The van der Waals surface area contributed by atoms with E-state index in [9.17, 15) is 0 Å². The summed E-state index contributed by atoms with van der Waals surface area (Å²) in [5.74, 6) is 0. The van der Waals surface area contributed by atoms with E-state index < -0.39 is 0 Å². The van der Waals surface area contributed by atoms with Gasteiger partial charge in [-0.2, -0.15) is 0 Å². The number of rotatable bonds is 2. The molecule has 3 N–H and O–H groups in total. The molecular weight excluding hydrogens is 88.1 g/mol. The second kappa shape index (κ2) is 2.07. The van der Waals surface area contributed by atoms with Gasteiger partial charge in [0.1, 0.15) is 0 Å². The van der Waals surface area contributed by atoms with E-state index in [-0.39, 0.29) is 5.54 Å². The Kier molecular flexibility index (Phi) is 1.96. The van der Waals surface area contributed by atoms with Crippen molar-refractivity contribution in [1.82, 2.24) is 0 Å². The molecule has 0 aromatic carbocycles. The third-order valence-corrected chi connectivity index (χ3v) is 0.628. The molecule has 0 fully saturated rings. The van der Waals surface area contributed by atoms with Gasteiger partial charge in [-0.05, 0) is 26.5 Å². The molecule has 2 heteroatoms. The lowest BCUT2D eigenvalue weighted by Crippen LogP contribution is -2.31. The highest BCUT2D eigenvalue weighted by Crippen LogP contribution is 1.98. The molecule has 0 aromatic rings. The van der Waals surface area contributed by atoms with Crippen LogP contribution in [0.2, 0.25) is 0 Å². The fourth-order valence-corrected chi connectivity index (χ4v) is 0.263. The van der Waals surface area contributed by atoms with Crippen LogP contribution in [0, 0.1) is 5.41 Å². The molecular formula is C5H12N2. The Labute approximate surface area is 44.2 Å². The lowest BCUT2D eigenvalue weighted by atomic mass is 10.0. The standard InChI is InChI=1S/C5H12N2/c1-5(2,7)3-4-6/h4,6H,3,7H2,1-2H3. The second-order valence-corrected chi connectivity index (χ2v) is 2.40. The van der Waals surface area contributed by atoms with E-state index in [1.807, 2.05) is 13.8 Å². The molecule has 0 bridgehead atoms. The maximum absolute atomic E-state index is 6.65. The molecule has 0 spiro atoms. The summed E-state index contributed by atoms with van der Waals surface area (Å²) >= 11 is 0. The topological polar surface area (TPSA) is 49.9 Å². The van der Waals surface area contributed by atoms with Gasteiger partial charge in [0, 0.05) is 5.54 Å². The van der Waals surface area contributed by atoms with Crippen LogP contribution >= 0.6 is 0 Å². The van der Waals surface area contributed by atoms with Gasteiger partial charge in [0.2, 0.25) is 0 Å². The van der Waals surface area contributed by atoms with Crippen molar-refractivity contribution in [2.24, 2.45) is 5.73 Å². The molecule has 0 unspecified atom stereocenters. The summed E-state index contributed by atoms with van der Waals surface area (Å²) in [5, 5.41) is 6.65. The van der Waals surface area contributed by atoms with Gasteiger partial charge in [0.05, 0.1) is 0 Å². The van der Waals surface area contributed by atoms with E-state index in [1.54, 1.807) is 0 Å². The van der Waals surface area contributed by atoms with Crippen molar-refractivity contribution in [3.05, 3.63) is 0 Å². The Hall–Kier alpha value is -0.370. The molecule has 2 nitrogen and oxygen atoms in total. The van der Waals surface area contributed by atoms with Gasteiger partial charge in [0.15, 0.2) is 0 Å². The summed E-state index contributed by atoms with van der Waals surface area (Å²) in [6.07, 6.45) is 1.99. The molecule has 7 heavy (non-hydrogen) atoms. The van der Waals surface area contributed by atoms with Crippen LogP contribution in [-0.2, 0) is 0 Å². The van der Waals surface area contributed by atoms with Crippen molar-refractivity contribution in [2.75, 3.05) is 0 Å². The van der Waals surface area contributed by atoms with E-state index in [2.05, 4.69) is 0 Å². The maximum atomic E-state index is 6.65. The third-order valence-electron chi connectivity index (χ3n) is 0.628. The predicted molar refractivity (Wildman–Crippen MR) is 31.7 cm³/mol. The molecule has 0 aliphatic carbocycles. The Morgan fingerprint density at radius 2 is 2.14 bits per heavy atom. The fourth-order valence-electron chi connectivity index (χ4n) is 0.263. The zero-order valence-corrected chi connectivity index (χ0v) is 4.86. The zero-order valence-electron chi connectivity index (χ0n) is 4.86. The summed E-state index contributed by atoms with van der Waals surface area (Å²) in [4.78, 5) is 0. The average molecular weight is 100 g/mol. The second-order valence-electron chi connectivity index (χ2n) is 2.40. The lowest BCUT2D eigenvalue weighted by molar-refractivity contribution is 0.546. The molecule has 0 rings (SSSR count). The SMILES string of the molecule is CC(C)(N)CC=N. The average Bonchev–Trinajstić information content (AvgIpc) is 1.30. The molecule has 0 atom stereocenters. The van der Waals surface area contributed by atoms with Crippen LogP contribution in [0.4, 0.5) is 0 Å². The molecule has 42 valence electrons. The van der Waals surface area contributed by atoms with Crippen LogP contribution in [0.1, 0.15) is 20.3 Å². The van der Waals surface area contributed by atoms with Crippen LogP contribution in [0.15, 0.2) is 0 Å². The minimum Gasteiger partial charge on any atom is -0.325 e. The summed E-state index contributed by atoms with van der Waals surface area (Å²) in [5.41, 5.74) is 5.30. The largest absolute Gasteiger partial charge is 0.325 e. The Bertz CT molecular complexity index is 61.0. The molecule has 0 aromatic heterocycles. The summed E-state index contributed by atoms with van der Waals surface area (Å²) in [7, 11) is 0. The third kappa shape index (κ3) is 5.63. The van der Waals surface area contributed by atoms with Crippen LogP contribution in [0.5, 0.6) is 0 Å². The van der Waals surface area contributed by atoms with Gasteiger partial charge < -0.3 is 11.1 Å². The smallest absolute Gasteiger partial charge is 0.0146 e. The number of nitrogens with two attached hydrogens (primary N) is 1. The monoisotopic (exact) mass is 100 g/mol. The highest BCUT2D eigenvalue weighted by Gasteiger charge is 2.05. The van der Waals surface area contributed by atoms with Crippen molar-refractivity contribution >= 4 is 6.21 Å². The first-order chi connectivity index (χ1) is 3.06. The highest BCUT2D eigenvalue weighted by molar-refractivity contribution is 5.54. The van der Waals surface area contributed by atoms with Crippen LogP contribution in [-0.4, -0.2) is 11.8 Å². The summed E-state index contributed by atoms with van der Waals surface area (Å²) < 4.78 is 0. The fraction of sp³-hybridized carbons (Fsp3) is 0.800. The van der Waals surface area contributed by atoms with Crippen LogP contribution in [0.25, 0.3) is 0 Å². The van der Waals surface area contributed by atoms with Gasteiger partial charge in [-0.15, -0.1) is 0 Å². The van der Waals surface area contributed by atoms with Gasteiger partial charge in [-0.25, -0.2) is 0 Å². The molecule has 0 radical (unpaired) electrons. The molecule has 0 heterocycles. The van der Waals surface area contributed by atoms with E-state index >= 15 is 0 Å². The quantitative estimate of drug-likeness (QED) is 0.494. The molecule has 0 saturated heterocycles. The van der Waals surface area contributed by atoms with Gasteiger partial charge in [0.25, 0.3) is 0 Å². The molecule has 0 amide bonds. The van der Waals surface area contributed by atoms with E-state index in [0.717, 1.165) is 0 Å². The minimum absolute atomic E-state index is 0.193. The molecule has 0 aliphatic heterocycles. The van der Waals surface area contributed by atoms with Crippen molar-refractivity contribution in [2.45, 2.75) is 25.8 Å². The van der Waals surface area contributed by atoms with E-state index in [4.69, 9.17) is 11.1 Å². The Balaban J connectivity index is 3.34. The summed E-state index contributed by atoms with van der Waals surface area (Å²) in [6, 6.07) is 0. The number of nitrogens with one attached hydrogen (secondary N) is 1. The molecule has 0 saturated carbocycles. The van der Waals surface area contributed by atoms with Crippen molar-refractivity contribution in [3.63, 3.8) is 0 Å². The van der Waals surface area contributed by atoms with Crippen LogP contribution < -0.4 is 5.73 Å². The van der Waals surface area contributed by atoms with E-state index in [1.165, 1.54) is 6.21 Å². The first-order valence-electron chi connectivity index (χ1n) is 2.34. The first kappa shape index (κ1) is 6.63. The predicted octanol–water partition coefficient (Wildman–Crippen LogP) is 0.763. The number of hydrogen-bond acceptors (Lipinski definition) is 2.